The van der Waals surface area contributed by atoms with E-state index >= 15 is 0 Å². The zero-order valence-corrected chi connectivity index (χ0v) is 19.4. The number of benzene rings is 2. The van der Waals surface area contributed by atoms with Gasteiger partial charge in [-0.3, -0.25) is 4.79 Å². The quantitative estimate of drug-likeness (QED) is 0.591. The predicted octanol–water partition coefficient (Wildman–Crippen LogP) is 4.58. The minimum atomic E-state index is -3.91. The van der Waals surface area contributed by atoms with Crippen LogP contribution in [0.5, 0.6) is 5.75 Å². The lowest BCUT2D eigenvalue weighted by atomic mass is 10.2. The average Bonchev–Trinajstić information content (AvgIpc) is 2.75. The number of sulfonamides is 1. The van der Waals surface area contributed by atoms with Crippen LogP contribution in [-0.4, -0.2) is 52.0 Å². The molecule has 1 amide bonds. The summed E-state index contributed by atoms with van der Waals surface area (Å²) >= 11 is 24.2. The van der Waals surface area contributed by atoms with Gasteiger partial charge in [0.05, 0.1) is 46.1 Å². The fourth-order valence-corrected chi connectivity index (χ4v) is 5.31. The minimum Gasteiger partial charge on any atom is -0.495 e. The van der Waals surface area contributed by atoms with Gasteiger partial charge in [0.15, 0.2) is 0 Å². The molecule has 0 radical (unpaired) electrons. The number of nitrogens with zero attached hydrogens (tertiary/aromatic N) is 1. The molecule has 1 N–H and O–H groups in total. The summed E-state index contributed by atoms with van der Waals surface area (Å²) in [4.78, 5) is 12.7. The number of methoxy groups -OCH3 is 1. The van der Waals surface area contributed by atoms with E-state index in [1.165, 1.54) is 35.7 Å². The Balaban J connectivity index is 1.98. The van der Waals surface area contributed by atoms with Crippen LogP contribution in [0.4, 0.5) is 5.69 Å². The van der Waals surface area contributed by atoms with Crippen LogP contribution in [0.3, 0.4) is 0 Å². The summed E-state index contributed by atoms with van der Waals surface area (Å²) in [5.74, 6) is -0.543. The summed E-state index contributed by atoms with van der Waals surface area (Å²) in [5, 5.41) is 2.75. The van der Waals surface area contributed by atoms with Crippen LogP contribution in [0, 0.1) is 0 Å². The number of carbonyl (C=O) groups is 1. The highest BCUT2D eigenvalue weighted by atomic mass is 35.5. The predicted molar refractivity (Wildman–Crippen MR) is 117 cm³/mol. The number of rotatable bonds is 5. The Hall–Kier alpha value is -1.26. The normalized spacial score (nSPS) is 15.1. The molecule has 1 saturated heterocycles. The number of hydrogen-bond donors (Lipinski definition) is 1. The molecular weight excluding hydrogens is 498 g/mol. The van der Waals surface area contributed by atoms with Crippen molar-refractivity contribution in [2.45, 2.75) is 4.90 Å². The van der Waals surface area contributed by atoms with Gasteiger partial charge in [-0.25, -0.2) is 8.42 Å². The molecule has 1 fully saturated rings. The Kier molecular flexibility index (Phi) is 7.40. The van der Waals surface area contributed by atoms with Gasteiger partial charge in [0.1, 0.15) is 10.6 Å². The second-order valence-electron chi connectivity index (χ2n) is 6.18. The van der Waals surface area contributed by atoms with Crippen LogP contribution in [0.2, 0.25) is 20.1 Å². The monoisotopic (exact) mass is 512 g/mol. The third kappa shape index (κ3) is 4.65. The topological polar surface area (TPSA) is 84.9 Å². The van der Waals surface area contributed by atoms with Gasteiger partial charge in [-0.15, -0.1) is 0 Å². The van der Waals surface area contributed by atoms with Crippen molar-refractivity contribution in [2.24, 2.45) is 0 Å². The van der Waals surface area contributed by atoms with E-state index < -0.39 is 15.9 Å². The number of amides is 1. The molecule has 2 aromatic rings. The van der Waals surface area contributed by atoms with Crippen molar-refractivity contribution in [2.75, 3.05) is 38.7 Å². The molecule has 0 bridgehead atoms. The minimum absolute atomic E-state index is 0.00842. The van der Waals surface area contributed by atoms with Crippen LogP contribution in [0.1, 0.15) is 10.4 Å². The molecule has 3 rings (SSSR count). The van der Waals surface area contributed by atoms with Gasteiger partial charge in [-0.1, -0.05) is 46.4 Å². The zero-order valence-electron chi connectivity index (χ0n) is 15.5. The Morgan fingerprint density at radius 1 is 1.07 bits per heavy atom. The molecule has 0 saturated carbocycles. The van der Waals surface area contributed by atoms with E-state index in [4.69, 9.17) is 55.9 Å². The van der Waals surface area contributed by atoms with E-state index in [1.54, 1.807) is 0 Å². The first kappa shape index (κ1) is 23.4. The number of nitrogens with one attached hydrogen (secondary N) is 1. The molecule has 0 atom stereocenters. The maximum absolute atomic E-state index is 13.1. The summed E-state index contributed by atoms with van der Waals surface area (Å²) < 4.78 is 37.8. The van der Waals surface area contributed by atoms with Gasteiger partial charge in [0.2, 0.25) is 10.0 Å². The molecule has 1 aliphatic heterocycles. The lowest BCUT2D eigenvalue weighted by Gasteiger charge is -2.26. The van der Waals surface area contributed by atoms with Crippen molar-refractivity contribution in [3.8, 4) is 5.75 Å². The first-order valence-electron chi connectivity index (χ1n) is 8.57. The highest BCUT2D eigenvalue weighted by molar-refractivity contribution is 7.89. The van der Waals surface area contributed by atoms with Gasteiger partial charge in [-0.2, -0.15) is 4.31 Å². The van der Waals surface area contributed by atoms with Crippen LogP contribution >= 0.6 is 46.4 Å². The molecule has 0 aliphatic carbocycles. The van der Waals surface area contributed by atoms with Crippen molar-refractivity contribution in [3.63, 3.8) is 0 Å². The average molecular weight is 514 g/mol. The summed E-state index contributed by atoms with van der Waals surface area (Å²) in [6.45, 7) is 0.977. The third-order valence-electron chi connectivity index (χ3n) is 4.36. The van der Waals surface area contributed by atoms with E-state index in [-0.39, 0.29) is 68.3 Å². The number of anilines is 1. The number of ether oxygens (including phenoxy) is 2. The smallest absolute Gasteiger partial charge is 0.255 e. The standard InChI is InChI=1S/C18H16Cl4N2O5S/c1-28-13-3-2-10(8-14(13)30(26,27)24-4-6-29-7-5-24)18(25)23-17-15(21)11(19)9-12(20)16(17)22/h2-3,8-9H,4-7H2,1H3,(H,23,25). The Labute approximate surface area is 193 Å². The zero-order chi connectivity index (χ0) is 22.1. The highest BCUT2D eigenvalue weighted by Gasteiger charge is 2.30. The molecule has 0 unspecified atom stereocenters. The van der Waals surface area contributed by atoms with Crippen LogP contribution in [0.15, 0.2) is 29.2 Å². The van der Waals surface area contributed by atoms with Crippen molar-refractivity contribution >= 4 is 68.0 Å². The van der Waals surface area contributed by atoms with E-state index in [2.05, 4.69) is 5.32 Å². The lowest BCUT2D eigenvalue weighted by molar-refractivity contribution is 0.0729. The number of carbonyl (C=O) groups excluding carboxylic acids is 1. The first-order valence-corrected chi connectivity index (χ1v) is 11.5. The van der Waals surface area contributed by atoms with Crippen LogP contribution < -0.4 is 10.1 Å². The van der Waals surface area contributed by atoms with Crippen LogP contribution in [0.25, 0.3) is 0 Å². The summed E-state index contributed by atoms with van der Waals surface area (Å²) in [6, 6.07) is 5.40. The van der Waals surface area contributed by atoms with E-state index in [0.29, 0.717) is 0 Å². The maximum atomic E-state index is 13.1. The van der Waals surface area contributed by atoms with Crippen LogP contribution in [-0.2, 0) is 14.8 Å². The van der Waals surface area contributed by atoms with Gasteiger partial charge in [0, 0.05) is 18.7 Å². The fraction of sp³-hybridized carbons (Fsp3) is 0.278. The van der Waals surface area contributed by atoms with E-state index in [1.807, 2.05) is 0 Å². The molecule has 162 valence electrons. The maximum Gasteiger partial charge on any atom is 0.255 e. The molecular formula is C18H16Cl4N2O5S. The molecule has 7 nitrogen and oxygen atoms in total. The second-order valence-corrected chi connectivity index (χ2v) is 9.66. The SMILES string of the molecule is COc1ccc(C(=O)Nc2c(Cl)c(Cl)cc(Cl)c2Cl)cc1S(=O)(=O)N1CCOCC1. The van der Waals surface area contributed by atoms with E-state index in [9.17, 15) is 13.2 Å². The van der Waals surface area contributed by atoms with Crippen molar-refractivity contribution in [1.82, 2.24) is 4.31 Å². The fourth-order valence-electron chi connectivity index (χ4n) is 2.81. The molecule has 1 aliphatic rings. The van der Waals surface area contributed by atoms with E-state index in [0.717, 1.165) is 0 Å². The second kappa shape index (κ2) is 9.48. The molecule has 0 aromatic heterocycles. The molecule has 1 heterocycles. The highest BCUT2D eigenvalue weighted by Crippen LogP contribution is 2.41. The van der Waals surface area contributed by atoms with Gasteiger partial charge < -0.3 is 14.8 Å². The van der Waals surface area contributed by atoms with Crippen molar-refractivity contribution < 1.29 is 22.7 Å². The van der Waals surface area contributed by atoms with Crippen molar-refractivity contribution in [1.29, 1.82) is 0 Å². The van der Waals surface area contributed by atoms with Gasteiger partial charge in [0.25, 0.3) is 5.91 Å². The first-order chi connectivity index (χ1) is 14.2. The largest absolute Gasteiger partial charge is 0.495 e. The number of hydrogen-bond acceptors (Lipinski definition) is 5. The van der Waals surface area contributed by atoms with Crippen molar-refractivity contribution in [3.05, 3.63) is 49.9 Å². The Morgan fingerprint density at radius 3 is 2.23 bits per heavy atom. The van der Waals surface area contributed by atoms with Gasteiger partial charge in [-0.05, 0) is 24.3 Å². The summed E-state index contributed by atoms with van der Waals surface area (Å²) in [5.41, 5.74) is 0.0695. The summed E-state index contributed by atoms with van der Waals surface area (Å²) in [6.07, 6.45) is 0. The molecule has 2 aromatic carbocycles. The molecule has 0 spiro atoms. The molecule has 12 heteroatoms. The number of morpholine rings is 1. The number of halogens is 4. The Morgan fingerprint density at radius 2 is 1.67 bits per heavy atom. The molecule has 30 heavy (non-hydrogen) atoms. The lowest BCUT2D eigenvalue weighted by Crippen LogP contribution is -2.40. The van der Waals surface area contributed by atoms with Gasteiger partial charge >= 0.3 is 0 Å². The third-order valence-corrected chi connectivity index (χ3v) is 7.86. The Bertz CT molecular complexity index is 1060. The summed E-state index contributed by atoms with van der Waals surface area (Å²) in [7, 11) is -2.56.